The van der Waals surface area contributed by atoms with Gasteiger partial charge in [-0.05, 0) is 38.0 Å². The Morgan fingerprint density at radius 2 is 1.68 bits per heavy atom. The number of aryl methyl sites for hydroxylation is 1. The summed E-state index contributed by atoms with van der Waals surface area (Å²) in [6.07, 6.45) is 0.322. The molecule has 0 aliphatic rings. The van der Waals surface area contributed by atoms with E-state index in [1.165, 1.54) is 30.2 Å². The summed E-state index contributed by atoms with van der Waals surface area (Å²) in [7, 11) is 1.32. The summed E-state index contributed by atoms with van der Waals surface area (Å²) in [5, 5.41) is 14.1. The molecule has 0 bridgehead atoms. The zero-order valence-electron chi connectivity index (χ0n) is 22.0. The zero-order valence-corrected chi connectivity index (χ0v) is 22.0. The Hall–Kier alpha value is -4.40. The van der Waals surface area contributed by atoms with Gasteiger partial charge in [-0.3, -0.25) is 19.7 Å². The molecule has 9 nitrogen and oxygen atoms in total. The second-order valence-electron chi connectivity index (χ2n) is 9.26. The zero-order chi connectivity index (χ0) is 27.7. The first-order valence-corrected chi connectivity index (χ1v) is 12.3. The summed E-state index contributed by atoms with van der Waals surface area (Å²) in [6, 6.07) is 20.4. The van der Waals surface area contributed by atoms with Crippen LogP contribution >= 0.6 is 0 Å². The van der Waals surface area contributed by atoms with Gasteiger partial charge in [-0.25, -0.2) is 0 Å². The largest absolute Gasteiger partial charge is 0.490 e. The van der Waals surface area contributed by atoms with Crippen LogP contribution in [0.2, 0.25) is 0 Å². The lowest BCUT2D eigenvalue weighted by Crippen LogP contribution is -2.52. The second-order valence-corrected chi connectivity index (χ2v) is 9.26. The van der Waals surface area contributed by atoms with Gasteiger partial charge in [0.15, 0.2) is 6.61 Å². The van der Waals surface area contributed by atoms with Gasteiger partial charge in [0.25, 0.3) is 5.91 Å². The molecule has 0 fully saturated rings. The molecule has 0 radical (unpaired) electrons. The first-order valence-electron chi connectivity index (χ1n) is 12.3. The van der Waals surface area contributed by atoms with Crippen molar-refractivity contribution in [3.05, 3.63) is 99.6 Å². The lowest BCUT2D eigenvalue weighted by Gasteiger charge is -2.32. The molecule has 9 heteroatoms. The molecule has 0 spiro atoms. The predicted molar refractivity (Wildman–Crippen MR) is 144 cm³/mol. The summed E-state index contributed by atoms with van der Waals surface area (Å²) in [4.78, 5) is 39.2. The lowest BCUT2D eigenvalue weighted by molar-refractivity contribution is -0.385. The number of hydrogen-bond acceptors (Lipinski definition) is 6. The summed E-state index contributed by atoms with van der Waals surface area (Å²) in [5.74, 6) is -0.402. The Morgan fingerprint density at radius 3 is 2.29 bits per heavy atom. The summed E-state index contributed by atoms with van der Waals surface area (Å²) in [6.45, 7) is 5.55. The standard InChI is InChI=1S/C29H33N3O6/c1-20(2)30-29(34)26(16-22-8-6-5-7-9-22)31(18-23-12-10-21(3)11-13-23)28(33)19-38-24-14-15-25(32(35)36)27(17-24)37-4/h5-15,17,20,26H,16,18-19H2,1-4H3,(H,30,34)/t26-/m0/s1. The van der Waals surface area contributed by atoms with Crippen molar-refractivity contribution in [2.45, 2.75) is 45.8 Å². The normalized spacial score (nSPS) is 11.5. The van der Waals surface area contributed by atoms with Gasteiger partial charge in [-0.1, -0.05) is 60.2 Å². The topological polar surface area (TPSA) is 111 Å². The maximum Gasteiger partial charge on any atom is 0.311 e. The summed E-state index contributed by atoms with van der Waals surface area (Å²) in [5.41, 5.74) is 2.66. The van der Waals surface area contributed by atoms with Gasteiger partial charge in [0.2, 0.25) is 11.7 Å². The van der Waals surface area contributed by atoms with E-state index in [2.05, 4.69) is 5.32 Å². The quantitative estimate of drug-likeness (QED) is 0.280. The van der Waals surface area contributed by atoms with Crippen LogP contribution in [0.25, 0.3) is 0 Å². The molecule has 38 heavy (non-hydrogen) atoms. The number of hydrogen-bond donors (Lipinski definition) is 1. The Balaban J connectivity index is 1.90. The van der Waals surface area contributed by atoms with E-state index < -0.39 is 16.9 Å². The van der Waals surface area contributed by atoms with Gasteiger partial charge in [0.1, 0.15) is 11.8 Å². The number of rotatable bonds is 12. The molecule has 2 amide bonds. The van der Waals surface area contributed by atoms with E-state index in [1.54, 1.807) is 0 Å². The maximum absolute atomic E-state index is 13.6. The molecular formula is C29H33N3O6. The minimum Gasteiger partial charge on any atom is -0.490 e. The molecule has 0 saturated carbocycles. The molecule has 0 saturated heterocycles. The van der Waals surface area contributed by atoms with Crippen molar-refractivity contribution in [1.82, 2.24) is 10.2 Å². The first-order chi connectivity index (χ1) is 18.2. The fraction of sp³-hybridized carbons (Fsp3) is 0.310. The fourth-order valence-electron chi connectivity index (χ4n) is 3.95. The number of carbonyl (C=O) groups excluding carboxylic acids is 2. The maximum atomic E-state index is 13.6. The predicted octanol–water partition coefficient (Wildman–Crippen LogP) is 4.46. The van der Waals surface area contributed by atoms with Crippen molar-refractivity contribution >= 4 is 17.5 Å². The van der Waals surface area contributed by atoms with E-state index in [9.17, 15) is 19.7 Å². The van der Waals surface area contributed by atoms with E-state index in [4.69, 9.17) is 9.47 Å². The number of nitro groups is 1. The molecule has 1 N–H and O–H groups in total. The van der Waals surface area contributed by atoms with Crippen LogP contribution in [-0.4, -0.2) is 47.4 Å². The molecule has 0 aliphatic heterocycles. The molecule has 3 aromatic rings. The van der Waals surface area contributed by atoms with Crippen LogP contribution in [0, 0.1) is 17.0 Å². The van der Waals surface area contributed by atoms with Crippen LogP contribution in [0.3, 0.4) is 0 Å². The minimum atomic E-state index is -0.788. The number of carbonyl (C=O) groups is 2. The van der Waals surface area contributed by atoms with Crippen molar-refractivity contribution in [2.24, 2.45) is 0 Å². The smallest absolute Gasteiger partial charge is 0.311 e. The third kappa shape index (κ3) is 7.80. The number of nitro benzene ring substituents is 1. The Bertz CT molecular complexity index is 1240. The highest BCUT2D eigenvalue weighted by atomic mass is 16.6. The number of ether oxygens (including phenoxy) is 2. The van der Waals surface area contributed by atoms with Gasteiger partial charge in [0.05, 0.1) is 12.0 Å². The van der Waals surface area contributed by atoms with E-state index >= 15 is 0 Å². The van der Waals surface area contributed by atoms with E-state index in [0.29, 0.717) is 6.42 Å². The molecule has 1 atom stereocenters. The minimum absolute atomic E-state index is 0.0229. The third-order valence-electron chi connectivity index (χ3n) is 5.89. The van der Waals surface area contributed by atoms with Crippen molar-refractivity contribution in [1.29, 1.82) is 0 Å². The Morgan fingerprint density at radius 1 is 1.00 bits per heavy atom. The molecular weight excluding hydrogens is 486 g/mol. The van der Waals surface area contributed by atoms with E-state index in [-0.39, 0.29) is 42.3 Å². The highest BCUT2D eigenvalue weighted by Gasteiger charge is 2.31. The van der Waals surface area contributed by atoms with E-state index in [1.807, 2.05) is 75.4 Å². The third-order valence-corrected chi connectivity index (χ3v) is 5.89. The monoisotopic (exact) mass is 519 g/mol. The highest BCUT2D eigenvalue weighted by molar-refractivity contribution is 5.88. The molecule has 0 aliphatic carbocycles. The molecule has 0 unspecified atom stereocenters. The summed E-state index contributed by atoms with van der Waals surface area (Å²) < 4.78 is 10.8. The van der Waals surface area contributed by atoms with E-state index in [0.717, 1.165) is 16.7 Å². The van der Waals surface area contributed by atoms with Gasteiger partial charge in [-0.15, -0.1) is 0 Å². The molecule has 3 rings (SSSR count). The second kappa shape index (κ2) is 13.2. The molecule has 3 aromatic carbocycles. The highest BCUT2D eigenvalue weighted by Crippen LogP contribution is 2.30. The van der Waals surface area contributed by atoms with Crippen molar-refractivity contribution in [3.8, 4) is 11.5 Å². The van der Waals surface area contributed by atoms with Gasteiger partial charge >= 0.3 is 5.69 Å². The lowest BCUT2D eigenvalue weighted by atomic mass is 10.0. The van der Waals surface area contributed by atoms with Crippen molar-refractivity contribution < 1.29 is 24.0 Å². The fourth-order valence-corrected chi connectivity index (χ4v) is 3.95. The van der Waals surface area contributed by atoms with Crippen LogP contribution in [0.1, 0.15) is 30.5 Å². The van der Waals surface area contributed by atoms with Crippen LogP contribution in [0.5, 0.6) is 11.5 Å². The number of nitrogens with zero attached hydrogens (tertiary/aromatic N) is 2. The van der Waals surface area contributed by atoms with Crippen LogP contribution in [-0.2, 0) is 22.6 Å². The van der Waals surface area contributed by atoms with Gasteiger partial charge in [-0.2, -0.15) is 0 Å². The number of amides is 2. The molecule has 0 heterocycles. The average Bonchev–Trinajstić information content (AvgIpc) is 2.90. The number of methoxy groups -OCH3 is 1. The first kappa shape index (κ1) is 28.2. The van der Waals surface area contributed by atoms with Gasteiger partial charge < -0.3 is 19.7 Å². The van der Waals surface area contributed by atoms with Crippen molar-refractivity contribution in [2.75, 3.05) is 13.7 Å². The Kier molecular flexibility index (Phi) is 9.81. The molecule has 0 aromatic heterocycles. The van der Waals surface area contributed by atoms with Crippen molar-refractivity contribution in [3.63, 3.8) is 0 Å². The molecule has 200 valence electrons. The van der Waals surface area contributed by atoms with Crippen LogP contribution in [0.15, 0.2) is 72.8 Å². The number of benzene rings is 3. The van der Waals surface area contributed by atoms with Crippen LogP contribution in [0.4, 0.5) is 5.69 Å². The Labute approximate surface area is 222 Å². The van der Waals surface area contributed by atoms with Crippen LogP contribution < -0.4 is 14.8 Å². The summed E-state index contributed by atoms with van der Waals surface area (Å²) >= 11 is 0. The van der Waals surface area contributed by atoms with Gasteiger partial charge in [0, 0.05) is 31.1 Å². The average molecular weight is 520 g/mol. The number of nitrogens with one attached hydrogen (secondary N) is 1. The SMILES string of the molecule is COc1cc(OCC(=O)N(Cc2ccc(C)cc2)[C@@H](Cc2ccccc2)C(=O)NC(C)C)ccc1[N+](=O)[O-].